The number of nitrogens with zero attached hydrogens (tertiary/aromatic N) is 1. The van der Waals surface area contributed by atoms with Crippen LogP contribution in [0.1, 0.15) is 46.0 Å². The van der Waals surface area contributed by atoms with Crippen molar-refractivity contribution in [3.63, 3.8) is 0 Å². The van der Waals surface area contributed by atoms with Crippen LogP contribution in [0.5, 0.6) is 0 Å². The average molecular weight is 226 g/mol. The molecule has 1 heterocycles. The maximum Gasteiger partial charge on any atom is 0.000640 e. The van der Waals surface area contributed by atoms with Crippen LogP contribution in [0.25, 0.3) is 0 Å². The van der Waals surface area contributed by atoms with Crippen LogP contribution in [0.4, 0.5) is 0 Å². The third kappa shape index (κ3) is 5.31. The molecule has 0 amide bonds. The predicted octanol–water partition coefficient (Wildman–Crippen LogP) is 2.74. The minimum atomic E-state index is 0.901. The Morgan fingerprint density at radius 2 is 1.81 bits per heavy atom. The predicted molar refractivity (Wildman–Crippen MR) is 71.8 cm³/mol. The average Bonchev–Trinajstić information content (AvgIpc) is 2.34. The summed E-state index contributed by atoms with van der Waals surface area (Å²) in [4.78, 5) is 2.54. The molecule has 1 fully saturated rings. The van der Waals surface area contributed by atoms with E-state index in [2.05, 4.69) is 31.1 Å². The van der Waals surface area contributed by atoms with Crippen LogP contribution in [-0.4, -0.2) is 38.1 Å². The molecule has 0 aromatic heterocycles. The van der Waals surface area contributed by atoms with Gasteiger partial charge >= 0.3 is 0 Å². The van der Waals surface area contributed by atoms with E-state index >= 15 is 0 Å². The van der Waals surface area contributed by atoms with Crippen molar-refractivity contribution in [1.82, 2.24) is 10.2 Å². The summed E-state index contributed by atoms with van der Waals surface area (Å²) in [6, 6.07) is 0. The van der Waals surface area contributed by atoms with Crippen LogP contribution in [-0.2, 0) is 0 Å². The molecule has 2 heteroatoms. The van der Waals surface area contributed by atoms with Crippen molar-refractivity contribution in [3.8, 4) is 0 Å². The molecule has 96 valence electrons. The Morgan fingerprint density at radius 3 is 2.38 bits per heavy atom. The molecule has 1 saturated heterocycles. The van der Waals surface area contributed by atoms with Crippen molar-refractivity contribution in [1.29, 1.82) is 0 Å². The van der Waals surface area contributed by atoms with Gasteiger partial charge in [0.25, 0.3) is 0 Å². The van der Waals surface area contributed by atoms with Gasteiger partial charge < -0.3 is 10.2 Å². The first kappa shape index (κ1) is 14.0. The molecule has 0 bridgehead atoms. The first-order valence-corrected chi connectivity index (χ1v) is 7.15. The van der Waals surface area contributed by atoms with Gasteiger partial charge in [0.15, 0.2) is 0 Å². The molecule has 0 radical (unpaired) electrons. The van der Waals surface area contributed by atoms with Crippen LogP contribution < -0.4 is 5.32 Å². The Labute approximate surface area is 102 Å². The summed E-state index contributed by atoms with van der Waals surface area (Å²) in [7, 11) is 2.29. The number of piperidine rings is 1. The van der Waals surface area contributed by atoms with E-state index in [4.69, 9.17) is 0 Å². The van der Waals surface area contributed by atoms with Gasteiger partial charge in [0.1, 0.15) is 0 Å². The van der Waals surface area contributed by atoms with Gasteiger partial charge in [-0.25, -0.2) is 0 Å². The summed E-state index contributed by atoms with van der Waals surface area (Å²) < 4.78 is 0. The number of rotatable bonds is 7. The third-order valence-electron chi connectivity index (χ3n) is 4.10. The lowest BCUT2D eigenvalue weighted by Crippen LogP contribution is -2.31. The molecule has 1 rings (SSSR count). The second-order valence-corrected chi connectivity index (χ2v) is 5.43. The minimum absolute atomic E-state index is 0.901. The molecular weight excluding hydrogens is 196 g/mol. The fourth-order valence-corrected chi connectivity index (χ4v) is 2.65. The van der Waals surface area contributed by atoms with E-state index in [1.165, 1.54) is 58.3 Å². The van der Waals surface area contributed by atoms with Gasteiger partial charge in [-0.2, -0.15) is 0 Å². The second kappa shape index (κ2) is 8.08. The van der Waals surface area contributed by atoms with Crippen LogP contribution in [0, 0.1) is 11.8 Å². The van der Waals surface area contributed by atoms with Gasteiger partial charge in [-0.05, 0) is 57.8 Å². The van der Waals surface area contributed by atoms with E-state index in [-0.39, 0.29) is 0 Å². The van der Waals surface area contributed by atoms with Crippen LogP contribution in [0.3, 0.4) is 0 Å². The summed E-state index contributed by atoms with van der Waals surface area (Å²) in [5.74, 6) is 1.88. The monoisotopic (exact) mass is 226 g/mol. The summed E-state index contributed by atoms with van der Waals surface area (Å²) in [5, 5.41) is 3.44. The first-order valence-electron chi connectivity index (χ1n) is 7.15. The summed E-state index contributed by atoms with van der Waals surface area (Å²) in [5.41, 5.74) is 0. The lowest BCUT2D eigenvalue weighted by molar-refractivity contribution is 0.235. The smallest absolute Gasteiger partial charge is 0.000640 e. The molecule has 0 aliphatic carbocycles. The Morgan fingerprint density at radius 1 is 1.19 bits per heavy atom. The summed E-state index contributed by atoms with van der Waals surface area (Å²) in [6.45, 7) is 9.69. The van der Waals surface area contributed by atoms with E-state index in [1.807, 2.05) is 0 Å². The van der Waals surface area contributed by atoms with E-state index < -0.39 is 0 Å². The SMILES string of the molecule is CCC(CC)CN(C)CCC1CCNCC1. The van der Waals surface area contributed by atoms with Gasteiger partial charge in [-0.1, -0.05) is 26.7 Å². The van der Waals surface area contributed by atoms with E-state index in [1.54, 1.807) is 0 Å². The van der Waals surface area contributed by atoms with Gasteiger partial charge in [0, 0.05) is 6.54 Å². The highest BCUT2D eigenvalue weighted by molar-refractivity contribution is 4.70. The quantitative estimate of drug-likeness (QED) is 0.718. The third-order valence-corrected chi connectivity index (χ3v) is 4.10. The molecule has 0 aromatic carbocycles. The molecule has 2 nitrogen and oxygen atoms in total. The maximum atomic E-state index is 3.44. The molecule has 0 unspecified atom stereocenters. The standard InChI is InChI=1S/C14H30N2/c1-4-13(5-2)12-16(3)11-8-14-6-9-15-10-7-14/h13-15H,4-12H2,1-3H3. The van der Waals surface area contributed by atoms with Crippen molar-refractivity contribution in [2.75, 3.05) is 33.2 Å². The van der Waals surface area contributed by atoms with E-state index in [0.29, 0.717) is 0 Å². The van der Waals surface area contributed by atoms with Crippen molar-refractivity contribution in [2.45, 2.75) is 46.0 Å². The highest BCUT2D eigenvalue weighted by atomic mass is 15.1. The minimum Gasteiger partial charge on any atom is -0.317 e. The van der Waals surface area contributed by atoms with Crippen molar-refractivity contribution >= 4 is 0 Å². The van der Waals surface area contributed by atoms with Crippen molar-refractivity contribution in [2.24, 2.45) is 11.8 Å². The first-order chi connectivity index (χ1) is 7.76. The normalized spacial score (nSPS) is 18.6. The second-order valence-electron chi connectivity index (χ2n) is 5.43. The highest BCUT2D eigenvalue weighted by Gasteiger charge is 2.14. The van der Waals surface area contributed by atoms with Gasteiger partial charge in [0.2, 0.25) is 0 Å². The maximum absolute atomic E-state index is 3.44. The zero-order chi connectivity index (χ0) is 11.8. The topological polar surface area (TPSA) is 15.3 Å². The zero-order valence-corrected chi connectivity index (χ0v) is 11.5. The van der Waals surface area contributed by atoms with Gasteiger partial charge in [-0.15, -0.1) is 0 Å². The Balaban J connectivity index is 2.10. The Bertz CT molecular complexity index is 160. The molecule has 0 aromatic rings. The molecule has 0 spiro atoms. The molecule has 1 aliphatic heterocycles. The Hall–Kier alpha value is -0.0800. The Kier molecular flexibility index (Phi) is 7.06. The van der Waals surface area contributed by atoms with E-state index in [9.17, 15) is 0 Å². The summed E-state index contributed by atoms with van der Waals surface area (Å²) in [6.07, 6.45) is 6.83. The van der Waals surface area contributed by atoms with Crippen LogP contribution >= 0.6 is 0 Å². The molecule has 1 N–H and O–H groups in total. The molecule has 0 saturated carbocycles. The highest BCUT2D eigenvalue weighted by Crippen LogP contribution is 2.17. The fraction of sp³-hybridized carbons (Fsp3) is 1.00. The van der Waals surface area contributed by atoms with Crippen molar-refractivity contribution < 1.29 is 0 Å². The largest absolute Gasteiger partial charge is 0.317 e. The van der Waals surface area contributed by atoms with Crippen LogP contribution in [0.2, 0.25) is 0 Å². The lowest BCUT2D eigenvalue weighted by atomic mass is 9.94. The van der Waals surface area contributed by atoms with Gasteiger partial charge in [-0.3, -0.25) is 0 Å². The van der Waals surface area contributed by atoms with E-state index in [0.717, 1.165) is 11.8 Å². The van der Waals surface area contributed by atoms with Crippen molar-refractivity contribution in [3.05, 3.63) is 0 Å². The zero-order valence-electron chi connectivity index (χ0n) is 11.5. The summed E-state index contributed by atoms with van der Waals surface area (Å²) >= 11 is 0. The number of nitrogens with one attached hydrogen (secondary N) is 1. The molecular formula is C14H30N2. The molecule has 0 atom stereocenters. The number of hydrogen-bond donors (Lipinski definition) is 1. The number of hydrogen-bond acceptors (Lipinski definition) is 2. The van der Waals surface area contributed by atoms with Crippen LogP contribution in [0.15, 0.2) is 0 Å². The molecule has 16 heavy (non-hydrogen) atoms. The molecule has 1 aliphatic rings. The fourth-order valence-electron chi connectivity index (χ4n) is 2.65. The van der Waals surface area contributed by atoms with Gasteiger partial charge in [0.05, 0.1) is 0 Å². The lowest BCUT2D eigenvalue weighted by Gasteiger charge is -2.27.